The lowest BCUT2D eigenvalue weighted by atomic mass is 9.97. The van der Waals surface area contributed by atoms with Gasteiger partial charge in [0.15, 0.2) is 0 Å². The predicted molar refractivity (Wildman–Crippen MR) is 128 cm³/mol. The van der Waals surface area contributed by atoms with Gasteiger partial charge in [0, 0.05) is 6.42 Å². The van der Waals surface area contributed by atoms with Crippen molar-refractivity contribution in [3.05, 3.63) is 34.4 Å². The molecule has 0 aromatic heterocycles. The molecule has 35 heavy (non-hydrogen) atoms. The molecule has 0 radical (unpaired) electrons. The van der Waals surface area contributed by atoms with Gasteiger partial charge in [-0.05, 0) is 18.6 Å². The van der Waals surface area contributed by atoms with E-state index < -0.39 is 52.1 Å². The lowest BCUT2D eigenvalue weighted by molar-refractivity contribution is -0.138. The van der Waals surface area contributed by atoms with Crippen LogP contribution in [0, 0.1) is 0 Å². The maximum atomic E-state index is 12.4. The van der Waals surface area contributed by atoms with Gasteiger partial charge in [-0.3, -0.25) is 4.79 Å². The number of benzene rings is 1. The number of rotatable bonds is 18. The van der Waals surface area contributed by atoms with Gasteiger partial charge in [-0.2, -0.15) is 0 Å². The molecule has 0 spiro atoms. The minimum Gasteiger partial charge on any atom is -0.478 e. The number of unbranched alkanes of at least 4 members (excludes halogenated alkanes) is 12. The van der Waals surface area contributed by atoms with Crippen molar-refractivity contribution in [3.63, 3.8) is 0 Å². The zero-order chi connectivity index (χ0) is 26.2. The number of carboxylic acid groups (broad SMARTS) is 3. The number of carboxylic acids is 3. The highest BCUT2D eigenvalue weighted by molar-refractivity contribution is 6.12. The average molecular weight is 493 g/mol. The van der Waals surface area contributed by atoms with Crippen LogP contribution in [0.3, 0.4) is 0 Å². The molecule has 9 heteroatoms. The minimum absolute atomic E-state index is 0.0592. The van der Waals surface area contributed by atoms with Gasteiger partial charge in [0.1, 0.15) is 0 Å². The molecule has 0 unspecified atom stereocenters. The summed E-state index contributed by atoms with van der Waals surface area (Å²) in [5, 5.41) is 27.7. The minimum atomic E-state index is -1.75. The van der Waals surface area contributed by atoms with E-state index in [4.69, 9.17) is 5.11 Å². The van der Waals surface area contributed by atoms with E-state index in [-0.39, 0.29) is 6.42 Å². The fourth-order valence-electron chi connectivity index (χ4n) is 3.82. The molecule has 0 aliphatic carbocycles. The van der Waals surface area contributed by atoms with Crippen molar-refractivity contribution in [1.82, 2.24) is 0 Å². The first-order chi connectivity index (χ1) is 16.7. The molecule has 1 rings (SSSR count). The van der Waals surface area contributed by atoms with Crippen LogP contribution in [0.25, 0.3) is 0 Å². The molecule has 0 aliphatic heterocycles. The van der Waals surface area contributed by atoms with Gasteiger partial charge in [-0.25, -0.2) is 19.2 Å². The van der Waals surface area contributed by atoms with Gasteiger partial charge >= 0.3 is 29.8 Å². The standard InChI is InChI=1S/C26H36O9/c1-2-3-4-5-6-7-8-9-10-11-12-13-14-15-21(27)35-26(34)20-17-18(23(28)29)16-19(24(30)31)22(20)25(32)33/h16-17H,2-15H2,1H3,(H,28,29)(H,30,31)(H,32,33). The van der Waals surface area contributed by atoms with Crippen LogP contribution in [0.1, 0.15) is 138 Å². The Hall–Kier alpha value is -3.23. The molecule has 0 fully saturated rings. The molecule has 3 N–H and O–H groups in total. The Labute approximate surface area is 205 Å². The van der Waals surface area contributed by atoms with Crippen LogP contribution in [-0.4, -0.2) is 45.2 Å². The maximum absolute atomic E-state index is 12.4. The summed E-state index contributed by atoms with van der Waals surface area (Å²) in [7, 11) is 0. The van der Waals surface area contributed by atoms with Crippen molar-refractivity contribution < 1.29 is 44.0 Å². The Morgan fingerprint density at radius 3 is 1.51 bits per heavy atom. The van der Waals surface area contributed by atoms with Crippen molar-refractivity contribution in [2.75, 3.05) is 0 Å². The number of hydrogen-bond acceptors (Lipinski definition) is 6. The Bertz CT molecular complexity index is 889. The molecule has 1 aromatic rings. The number of aromatic carboxylic acids is 3. The van der Waals surface area contributed by atoms with Crippen molar-refractivity contribution in [2.45, 2.75) is 96.8 Å². The van der Waals surface area contributed by atoms with Gasteiger partial charge in [-0.15, -0.1) is 0 Å². The first kappa shape index (κ1) is 29.8. The highest BCUT2D eigenvalue weighted by atomic mass is 16.6. The first-order valence-electron chi connectivity index (χ1n) is 12.3. The van der Waals surface area contributed by atoms with Crippen LogP contribution in [0.4, 0.5) is 0 Å². The number of carbonyl (C=O) groups is 5. The third kappa shape index (κ3) is 11.2. The lowest BCUT2D eigenvalue weighted by Gasteiger charge is -2.10. The van der Waals surface area contributed by atoms with E-state index in [1.807, 2.05) is 0 Å². The molecule has 0 saturated carbocycles. The highest BCUT2D eigenvalue weighted by Gasteiger charge is 2.28. The molecular weight excluding hydrogens is 456 g/mol. The number of ether oxygens (including phenoxy) is 1. The Morgan fingerprint density at radius 2 is 1.09 bits per heavy atom. The van der Waals surface area contributed by atoms with E-state index >= 15 is 0 Å². The van der Waals surface area contributed by atoms with Crippen molar-refractivity contribution in [2.24, 2.45) is 0 Å². The first-order valence-corrected chi connectivity index (χ1v) is 12.3. The Balaban J connectivity index is 2.43. The summed E-state index contributed by atoms with van der Waals surface area (Å²) in [6.07, 6.45) is 14.6. The Morgan fingerprint density at radius 1 is 0.629 bits per heavy atom. The van der Waals surface area contributed by atoms with Crippen LogP contribution in [0.5, 0.6) is 0 Å². The van der Waals surface area contributed by atoms with Crippen LogP contribution < -0.4 is 0 Å². The van der Waals surface area contributed by atoms with Gasteiger partial charge in [-0.1, -0.05) is 84.0 Å². The fraction of sp³-hybridized carbons (Fsp3) is 0.577. The van der Waals surface area contributed by atoms with E-state index in [0.717, 1.165) is 25.7 Å². The quantitative estimate of drug-likeness (QED) is 0.128. The van der Waals surface area contributed by atoms with Crippen molar-refractivity contribution in [1.29, 1.82) is 0 Å². The largest absolute Gasteiger partial charge is 0.478 e. The van der Waals surface area contributed by atoms with Gasteiger partial charge in [0.25, 0.3) is 0 Å². The molecule has 0 bridgehead atoms. The van der Waals surface area contributed by atoms with Crippen LogP contribution in [0.15, 0.2) is 12.1 Å². The molecule has 0 saturated heterocycles. The second kappa shape index (κ2) is 16.4. The highest BCUT2D eigenvalue weighted by Crippen LogP contribution is 2.21. The summed E-state index contributed by atoms with van der Waals surface area (Å²) in [4.78, 5) is 58.5. The van der Waals surface area contributed by atoms with Gasteiger partial charge < -0.3 is 20.1 Å². The second-order valence-electron chi connectivity index (χ2n) is 8.62. The summed E-state index contributed by atoms with van der Waals surface area (Å²) < 4.78 is 4.68. The summed E-state index contributed by atoms with van der Waals surface area (Å²) in [5.41, 5.74) is -3.22. The lowest BCUT2D eigenvalue weighted by Crippen LogP contribution is -2.20. The smallest absolute Gasteiger partial charge is 0.346 e. The predicted octanol–water partition coefficient (Wildman–Crippen LogP) is 5.95. The van der Waals surface area contributed by atoms with E-state index in [9.17, 15) is 34.2 Å². The zero-order valence-corrected chi connectivity index (χ0v) is 20.3. The molecule has 1 aromatic carbocycles. The zero-order valence-electron chi connectivity index (χ0n) is 20.3. The van der Waals surface area contributed by atoms with E-state index in [2.05, 4.69) is 11.7 Å². The molecule has 0 aliphatic rings. The van der Waals surface area contributed by atoms with Gasteiger partial charge in [0.2, 0.25) is 0 Å². The van der Waals surface area contributed by atoms with Crippen molar-refractivity contribution in [3.8, 4) is 0 Å². The molecular formula is C26H36O9. The second-order valence-corrected chi connectivity index (χ2v) is 8.62. The third-order valence-electron chi connectivity index (χ3n) is 5.74. The maximum Gasteiger partial charge on any atom is 0.346 e. The number of esters is 2. The molecule has 0 atom stereocenters. The molecule has 194 valence electrons. The van der Waals surface area contributed by atoms with E-state index in [0.29, 0.717) is 18.6 Å². The third-order valence-corrected chi connectivity index (χ3v) is 5.74. The van der Waals surface area contributed by atoms with Crippen LogP contribution in [0.2, 0.25) is 0 Å². The number of carbonyl (C=O) groups excluding carboxylic acids is 2. The van der Waals surface area contributed by atoms with Crippen LogP contribution in [-0.2, 0) is 9.53 Å². The summed E-state index contributed by atoms with van der Waals surface area (Å²) in [5.74, 6) is -7.32. The topological polar surface area (TPSA) is 155 Å². The fourth-order valence-corrected chi connectivity index (χ4v) is 3.82. The van der Waals surface area contributed by atoms with Gasteiger partial charge in [0.05, 0.1) is 22.3 Å². The van der Waals surface area contributed by atoms with E-state index in [1.54, 1.807) is 0 Å². The molecule has 9 nitrogen and oxygen atoms in total. The summed E-state index contributed by atoms with van der Waals surface area (Å²) in [6.45, 7) is 2.21. The van der Waals surface area contributed by atoms with Crippen LogP contribution >= 0.6 is 0 Å². The van der Waals surface area contributed by atoms with Crippen molar-refractivity contribution >= 4 is 29.8 Å². The summed E-state index contributed by atoms with van der Waals surface area (Å²) in [6, 6.07) is 1.33. The monoisotopic (exact) mass is 492 g/mol. The number of hydrogen-bond donors (Lipinski definition) is 3. The SMILES string of the molecule is CCCCCCCCCCCCCCCC(=O)OC(=O)c1cc(C(=O)O)cc(C(=O)O)c1C(=O)O. The summed E-state index contributed by atoms with van der Waals surface area (Å²) >= 11 is 0. The normalized spacial score (nSPS) is 10.7. The molecule has 0 amide bonds. The molecule has 0 heterocycles. The average Bonchev–Trinajstić information content (AvgIpc) is 2.80. The van der Waals surface area contributed by atoms with E-state index in [1.165, 1.54) is 51.4 Å². The Kier molecular flexibility index (Phi) is 14.0.